The summed E-state index contributed by atoms with van der Waals surface area (Å²) in [6, 6.07) is 4.87. The number of nitrogens with zero attached hydrogens (tertiary/aromatic N) is 1. The molecule has 0 aromatic heterocycles. The summed E-state index contributed by atoms with van der Waals surface area (Å²) in [6.07, 6.45) is 0. The van der Waals surface area contributed by atoms with Crippen molar-refractivity contribution in [3.63, 3.8) is 0 Å². The largest absolute Gasteiger partial charge is 0.383 e. The van der Waals surface area contributed by atoms with Crippen LogP contribution in [0, 0.1) is 10.1 Å². The third-order valence-electron chi connectivity index (χ3n) is 2.60. The molecule has 7 nitrogen and oxygen atoms in total. The fourth-order valence-corrected chi connectivity index (χ4v) is 1.58. The molecule has 0 aliphatic carbocycles. The van der Waals surface area contributed by atoms with Gasteiger partial charge in [-0.1, -0.05) is 0 Å². The van der Waals surface area contributed by atoms with Gasteiger partial charge in [0.25, 0.3) is 5.69 Å². The SMILES string of the molecule is CNc1cc(COCCOCCOC)ccc1[N+](=O)[O-]. The highest BCUT2D eigenvalue weighted by atomic mass is 16.6. The van der Waals surface area contributed by atoms with E-state index in [1.165, 1.54) is 6.07 Å². The first-order chi connectivity index (χ1) is 9.69. The van der Waals surface area contributed by atoms with Gasteiger partial charge in [0.15, 0.2) is 0 Å². The number of nitro groups is 1. The molecule has 0 aliphatic heterocycles. The van der Waals surface area contributed by atoms with E-state index in [0.717, 1.165) is 5.56 Å². The number of hydrogen-bond acceptors (Lipinski definition) is 6. The van der Waals surface area contributed by atoms with Crippen LogP contribution >= 0.6 is 0 Å². The number of rotatable bonds is 10. The van der Waals surface area contributed by atoms with Gasteiger partial charge in [-0.25, -0.2) is 0 Å². The van der Waals surface area contributed by atoms with E-state index in [0.29, 0.717) is 38.7 Å². The maximum absolute atomic E-state index is 10.8. The van der Waals surface area contributed by atoms with Gasteiger partial charge in [-0.15, -0.1) is 0 Å². The lowest BCUT2D eigenvalue weighted by Gasteiger charge is -2.07. The van der Waals surface area contributed by atoms with Crippen molar-refractivity contribution in [3.05, 3.63) is 33.9 Å². The summed E-state index contributed by atoms with van der Waals surface area (Å²) in [7, 11) is 3.27. The highest BCUT2D eigenvalue weighted by Crippen LogP contribution is 2.25. The molecule has 20 heavy (non-hydrogen) atoms. The predicted molar refractivity (Wildman–Crippen MR) is 75.0 cm³/mol. The molecule has 1 rings (SSSR count). The van der Waals surface area contributed by atoms with Crippen molar-refractivity contribution in [2.45, 2.75) is 6.61 Å². The molecule has 0 amide bonds. The van der Waals surface area contributed by atoms with Crippen molar-refractivity contribution in [3.8, 4) is 0 Å². The van der Waals surface area contributed by atoms with E-state index in [1.54, 1.807) is 26.3 Å². The molecule has 1 aromatic rings. The van der Waals surface area contributed by atoms with Gasteiger partial charge in [0.05, 0.1) is 38.0 Å². The van der Waals surface area contributed by atoms with E-state index in [2.05, 4.69) is 5.32 Å². The molecule has 1 aromatic carbocycles. The predicted octanol–water partition coefficient (Wildman–Crippen LogP) is 1.82. The van der Waals surface area contributed by atoms with Gasteiger partial charge in [-0.05, 0) is 17.7 Å². The second-order valence-electron chi connectivity index (χ2n) is 4.02. The van der Waals surface area contributed by atoms with Crippen LogP contribution in [0.1, 0.15) is 5.56 Å². The van der Waals surface area contributed by atoms with Gasteiger partial charge in [0.2, 0.25) is 0 Å². The van der Waals surface area contributed by atoms with Crippen LogP contribution in [-0.2, 0) is 20.8 Å². The minimum atomic E-state index is -0.417. The van der Waals surface area contributed by atoms with E-state index in [1.807, 2.05) is 0 Å². The summed E-state index contributed by atoms with van der Waals surface area (Å²) < 4.78 is 15.5. The highest BCUT2D eigenvalue weighted by Gasteiger charge is 2.12. The molecule has 0 spiro atoms. The first-order valence-electron chi connectivity index (χ1n) is 6.28. The van der Waals surface area contributed by atoms with Gasteiger partial charge in [-0.3, -0.25) is 10.1 Å². The van der Waals surface area contributed by atoms with Crippen LogP contribution in [0.2, 0.25) is 0 Å². The lowest BCUT2D eigenvalue weighted by atomic mass is 10.2. The third-order valence-corrected chi connectivity index (χ3v) is 2.60. The van der Waals surface area contributed by atoms with E-state index in [-0.39, 0.29) is 5.69 Å². The Labute approximate surface area is 118 Å². The molecule has 0 saturated heterocycles. The minimum absolute atomic E-state index is 0.0548. The van der Waals surface area contributed by atoms with Crippen LogP contribution in [0.25, 0.3) is 0 Å². The van der Waals surface area contributed by atoms with Crippen LogP contribution in [0.4, 0.5) is 11.4 Å². The quantitative estimate of drug-likeness (QED) is 0.401. The van der Waals surface area contributed by atoms with Crippen molar-refractivity contribution >= 4 is 11.4 Å². The van der Waals surface area contributed by atoms with Gasteiger partial charge in [-0.2, -0.15) is 0 Å². The summed E-state index contributed by atoms with van der Waals surface area (Å²) in [5.74, 6) is 0. The van der Waals surface area contributed by atoms with E-state index >= 15 is 0 Å². The molecule has 0 bridgehead atoms. The van der Waals surface area contributed by atoms with E-state index in [4.69, 9.17) is 14.2 Å². The first kappa shape index (κ1) is 16.4. The molecular weight excluding hydrogens is 264 g/mol. The van der Waals surface area contributed by atoms with Crippen LogP contribution in [0.3, 0.4) is 0 Å². The smallest absolute Gasteiger partial charge is 0.292 e. The molecule has 0 unspecified atom stereocenters. The standard InChI is InChI=1S/C13H20N2O5/c1-14-12-9-11(3-4-13(12)15(16)17)10-20-8-7-19-6-5-18-2/h3-4,9,14H,5-8,10H2,1-2H3. The van der Waals surface area contributed by atoms with Crippen molar-refractivity contribution in [2.24, 2.45) is 0 Å². The lowest BCUT2D eigenvalue weighted by Crippen LogP contribution is -2.08. The van der Waals surface area contributed by atoms with Crippen molar-refractivity contribution in [1.82, 2.24) is 0 Å². The fraction of sp³-hybridized carbons (Fsp3) is 0.538. The van der Waals surface area contributed by atoms with Gasteiger partial charge in [0, 0.05) is 20.2 Å². The average molecular weight is 284 g/mol. The Kier molecular flexibility index (Phi) is 7.56. The summed E-state index contributed by atoms with van der Waals surface area (Å²) in [5, 5.41) is 13.6. The van der Waals surface area contributed by atoms with Gasteiger partial charge in [0.1, 0.15) is 5.69 Å². The zero-order valence-corrected chi connectivity index (χ0v) is 11.8. The van der Waals surface area contributed by atoms with Crippen LogP contribution < -0.4 is 5.32 Å². The minimum Gasteiger partial charge on any atom is -0.383 e. The summed E-state index contributed by atoms with van der Waals surface area (Å²) in [4.78, 5) is 10.4. The molecule has 0 heterocycles. The maximum atomic E-state index is 10.8. The Morgan fingerprint density at radius 2 is 1.90 bits per heavy atom. The molecule has 7 heteroatoms. The molecule has 0 radical (unpaired) electrons. The average Bonchev–Trinajstić information content (AvgIpc) is 2.45. The number of hydrogen-bond donors (Lipinski definition) is 1. The molecule has 1 N–H and O–H groups in total. The molecular formula is C13H20N2O5. The van der Waals surface area contributed by atoms with Crippen LogP contribution in [0.5, 0.6) is 0 Å². The van der Waals surface area contributed by atoms with Crippen molar-refractivity contribution < 1.29 is 19.1 Å². The Hall–Kier alpha value is -1.70. The number of ether oxygens (including phenoxy) is 3. The van der Waals surface area contributed by atoms with Gasteiger partial charge < -0.3 is 19.5 Å². The second kappa shape index (κ2) is 9.24. The molecule has 112 valence electrons. The third kappa shape index (κ3) is 5.52. The molecule has 0 saturated carbocycles. The zero-order chi connectivity index (χ0) is 14.8. The van der Waals surface area contributed by atoms with Crippen LogP contribution in [0.15, 0.2) is 18.2 Å². The van der Waals surface area contributed by atoms with Crippen molar-refractivity contribution in [1.29, 1.82) is 0 Å². The second-order valence-corrected chi connectivity index (χ2v) is 4.02. The normalized spacial score (nSPS) is 10.5. The molecule has 0 atom stereocenters. The zero-order valence-electron chi connectivity index (χ0n) is 11.8. The number of benzene rings is 1. The van der Waals surface area contributed by atoms with Crippen molar-refractivity contribution in [2.75, 3.05) is 45.9 Å². The number of methoxy groups -OCH3 is 1. The Bertz CT molecular complexity index is 425. The van der Waals surface area contributed by atoms with Gasteiger partial charge >= 0.3 is 0 Å². The van der Waals surface area contributed by atoms with E-state index in [9.17, 15) is 10.1 Å². The molecule has 0 fully saturated rings. The fourth-order valence-electron chi connectivity index (χ4n) is 1.58. The summed E-state index contributed by atoms with van der Waals surface area (Å²) in [5.41, 5.74) is 1.41. The Balaban J connectivity index is 2.35. The summed E-state index contributed by atoms with van der Waals surface area (Å²) in [6.45, 7) is 2.46. The monoisotopic (exact) mass is 284 g/mol. The number of nitro benzene ring substituents is 1. The number of nitrogens with one attached hydrogen (secondary N) is 1. The first-order valence-corrected chi connectivity index (χ1v) is 6.28. The Morgan fingerprint density at radius 3 is 2.55 bits per heavy atom. The summed E-state index contributed by atoms with van der Waals surface area (Å²) >= 11 is 0. The molecule has 0 aliphatic rings. The van der Waals surface area contributed by atoms with Crippen LogP contribution in [-0.4, -0.2) is 45.5 Å². The lowest BCUT2D eigenvalue weighted by molar-refractivity contribution is -0.384. The topological polar surface area (TPSA) is 82.9 Å². The maximum Gasteiger partial charge on any atom is 0.292 e. The number of anilines is 1. The van der Waals surface area contributed by atoms with E-state index < -0.39 is 4.92 Å². The Morgan fingerprint density at radius 1 is 1.20 bits per heavy atom. The highest BCUT2D eigenvalue weighted by molar-refractivity contribution is 5.62.